The molecule has 8 N–H and O–H groups in total. The standard InChI is InChI=1S/C50H66ClF2N7O10S.C44H56ClF2N7O8S/c1-11-28-19-50(28,43(63)66-10)58-41(61)35-17-31(21-59(35)42(62)40(47(4,5)6)57-45(64)69-30-15-26-14-27(26)16-30)68-37-18-33(34-23-71-44(56-34)54-25(2)3)55-39-32(37)12-13-36(38(39)51)67-22-29-20-49(52,53)24-60(29)46(65)70-48(7,8)9;1-7-24-15-44(24,39(57)58)53-37(55)31-13-27(17-54(31)38(56)36(42(4,5)6)52-41(59)62-26-11-22-10-23(22)12-26)61-33-14-29(30-19-63-40(51-30)49-21(2)3)50-35-28(33)8-9-32(34(35)45)60-18-25-16-43(46,47)20-48-25/h12-13,18,23,25-31,35,40H,11,14-17,19-22,24H2,1-10H3,(H,54,56)(H,57,64)(H,58,61);8-9,14,19,21-27,31,36,48H,7,10-13,15-18,20H2,1-6H3,(H,49,51)(H,52,59)(H,53,55)(H,57,58)/t26-,27+,28-,29+,30?,31-,35+,40-,50-;22-,23+,24-,25+,26?,27-,31+,36-,44-/m11/s1. The second-order valence-electron chi connectivity index (χ2n) is 41.5. The number of ether oxygens (including phenoxy) is 8. The second kappa shape index (κ2) is 38.3. The number of amides is 7. The Hall–Kier alpha value is -9.79. The van der Waals surface area contributed by atoms with Crippen LogP contribution in [0.4, 0.5) is 42.2 Å². The molecule has 16 rings (SSSR count). The smallest absolute Gasteiger partial charge is 0.410 e. The zero-order valence-electron chi connectivity index (χ0n) is 78.3. The predicted molar refractivity (Wildman–Crippen MR) is 494 cm³/mol. The number of aromatic nitrogens is 4. The van der Waals surface area contributed by atoms with Crippen molar-refractivity contribution < 1.29 is 104 Å². The van der Waals surface area contributed by atoms with Crippen molar-refractivity contribution >= 4 is 132 Å². The maximum atomic E-state index is 15.0. The van der Waals surface area contributed by atoms with Gasteiger partial charge in [-0.3, -0.25) is 24.1 Å². The average Bonchev–Trinajstić information content (AvgIpc) is 1.58. The molecule has 10 aliphatic rings. The Morgan fingerprint density at radius 3 is 1.39 bits per heavy atom. The summed E-state index contributed by atoms with van der Waals surface area (Å²) in [5.74, 6) is -7.22. The molecule has 0 radical (unpaired) electrons. The average molecular weight is 1950 g/mol. The van der Waals surface area contributed by atoms with Gasteiger partial charge in [0.2, 0.25) is 23.6 Å². The number of aliphatic carboxylic acids is 1. The quantitative estimate of drug-likeness (QED) is 0.0118. The van der Waals surface area contributed by atoms with Crippen LogP contribution in [0.15, 0.2) is 47.2 Å². The number of esters is 1. The topological polar surface area (TPSA) is 393 Å². The highest BCUT2D eigenvalue weighted by molar-refractivity contribution is 7.14. The molecule has 6 aliphatic carbocycles. The van der Waals surface area contributed by atoms with E-state index in [1.807, 2.05) is 93.8 Å². The fraction of sp³-hybridized carbons (Fsp3) is 0.649. The molecule has 10 fully saturated rings. The third-order valence-corrected chi connectivity index (χ3v) is 29.2. The fourth-order valence-electron chi connectivity index (χ4n) is 19.6. The maximum Gasteiger partial charge on any atom is 0.410 e. The molecule has 7 amide bonds. The number of benzene rings is 2. The number of fused-ring (bicyclic) bond motifs is 4. The summed E-state index contributed by atoms with van der Waals surface area (Å²) in [6.45, 7) is 25.7. The Morgan fingerprint density at radius 2 is 0.993 bits per heavy atom. The zero-order valence-corrected chi connectivity index (χ0v) is 81.4. The lowest BCUT2D eigenvalue weighted by molar-refractivity contribution is -0.148. The molecule has 4 aliphatic heterocycles. The van der Waals surface area contributed by atoms with Gasteiger partial charge in [-0.1, -0.05) is 91.4 Å². The van der Waals surface area contributed by atoms with Crippen LogP contribution in [0, 0.1) is 46.3 Å². The van der Waals surface area contributed by atoms with E-state index >= 15 is 0 Å². The number of carbonyl (C=O) groups is 9. The molecule has 18 atom stereocenters. The van der Waals surface area contributed by atoms with Crippen LogP contribution >= 0.6 is 45.9 Å². The number of hydrogen-bond acceptors (Lipinski definition) is 26. The van der Waals surface area contributed by atoms with Crippen molar-refractivity contribution in [1.82, 2.24) is 61.2 Å². The number of likely N-dealkylation sites (tertiary alicyclic amines) is 3. The summed E-state index contributed by atoms with van der Waals surface area (Å²) in [4.78, 5) is 147. The zero-order chi connectivity index (χ0) is 96.7. The molecule has 4 aromatic heterocycles. The van der Waals surface area contributed by atoms with Gasteiger partial charge in [-0.05, 0) is 170 Å². The molecular formula is C94H122Cl2F4N14O18S2. The third-order valence-electron chi connectivity index (χ3n) is 26.9. The Balaban J connectivity index is 0.000000206. The third kappa shape index (κ3) is 22.2. The first-order valence-electron chi connectivity index (χ1n) is 46.3. The minimum absolute atomic E-state index is 0.00875. The van der Waals surface area contributed by atoms with Crippen LogP contribution in [0.25, 0.3) is 44.6 Å². The molecule has 730 valence electrons. The maximum absolute atomic E-state index is 15.0. The number of carboxylic acid groups (broad SMARTS) is 1. The molecule has 4 saturated heterocycles. The Labute approximate surface area is 793 Å². The van der Waals surface area contributed by atoms with Crippen molar-refractivity contribution in [3.05, 3.63) is 57.2 Å². The van der Waals surface area contributed by atoms with Gasteiger partial charge < -0.3 is 90.0 Å². The number of alkyl halides is 4. The Bertz CT molecular complexity index is 5460. The summed E-state index contributed by atoms with van der Waals surface area (Å²) in [6.07, 6.45) is 1.84. The van der Waals surface area contributed by atoms with Gasteiger partial charge in [0.25, 0.3) is 11.8 Å². The number of thiazole rings is 2. The molecule has 2 aromatic carbocycles. The van der Waals surface area contributed by atoms with E-state index in [2.05, 4.69) is 37.2 Å². The molecule has 134 heavy (non-hydrogen) atoms. The van der Waals surface area contributed by atoms with Crippen LogP contribution in [-0.4, -0.2) is 241 Å². The summed E-state index contributed by atoms with van der Waals surface area (Å²) in [7, 11) is 1.27. The van der Waals surface area contributed by atoms with Crippen LogP contribution in [-0.2, 0) is 47.7 Å². The van der Waals surface area contributed by atoms with Crippen molar-refractivity contribution in [2.45, 2.75) is 295 Å². The lowest BCUT2D eigenvalue weighted by Crippen LogP contribution is -2.59. The molecule has 6 saturated carbocycles. The Kier molecular flexibility index (Phi) is 28.2. The highest BCUT2D eigenvalue weighted by atomic mass is 35.5. The van der Waals surface area contributed by atoms with Crippen molar-refractivity contribution in [1.29, 1.82) is 0 Å². The number of rotatable bonds is 30. The fourth-order valence-corrected chi connectivity index (χ4v) is 21.8. The number of methoxy groups -OCH3 is 1. The largest absolute Gasteiger partial charge is 0.490 e. The highest BCUT2D eigenvalue weighted by Gasteiger charge is 2.64. The van der Waals surface area contributed by atoms with Crippen LogP contribution in [0.2, 0.25) is 10.0 Å². The Morgan fingerprint density at radius 1 is 0.552 bits per heavy atom. The molecule has 6 aromatic rings. The second-order valence-corrected chi connectivity index (χ2v) is 44.0. The van der Waals surface area contributed by atoms with E-state index in [0.29, 0.717) is 92.5 Å². The van der Waals surface area contributed by atoms with E-state index in [9.17, 15) is 65.8 Å². The van der Waals surface area contributed by atoms with E-state index in [1.165, 1.54) is 39.6 Å². The predicted octanol–water partition coefficient (Wildman–Crippen LogP) is 15.5. The molecule has 40 heteroatoms. The monoisotopic (exact) mass is 1940 g/mol. The van der Waals surface area contributed by atoms with Gasteiger partial charge in [-0.25, -0.2) is 61.5 Å². The summed E-state index contributed by atoms with van der Waals surface area (Å²) in [5.41, 5.74) is -2.99. The molecule has 32 nitrogen and oxygen atoms in total. The number of pyridine rings is 2. The summed E-state index contributed by atoms with van der Waals surface area (Å²) < 4.78 is 105. The van der Waals surface area contributed by atoms with Crippen LogP contribution in [0.1, 0.15) is 194 Å². The van der Waals surface area contributed by atoms with Crippen LogP contribution in [0.5, 0.6) is 23.0 Å². The van der Waals surface area contributed by atoms with E-state index in [0.717, 1.165) is 43.4 Å². The summed E-state index contributed by atoms with van der Waals surface area (Å²) >= 11 is 16.9. The van der Waals surface area contributed by atoms with Gasteiger partial charge in [-0.2, -0.15) is 0 Å². The molecule has 2 unspecified atom stereocenters. The lowest BCUT2D eigenvalue weighted by Gasteiger charge is -2.35. The number of nitrogens with zero attached hydrogens (tertiary/aromatic N) is 7. The minimum Gasteiger partial charge on any atom is -0.490 e. The van der Waals surface area contributed by atoms with Gasteiger partial charge >= 0.3 is 30.2 Å². The highest BCUT2D eigenvalue weighted by Crippen LogP contribution is 2.55. The lowest BCUT2D eigenvalue weighted by atomic mass is 9.85. The number of nitrogens with one attached hydrogen (secondary N) is 7. The summed E-state index contributed by atoms with van der Waals surface area (Å²) in [5, 5.41) is 37.0. The SMILES string of the molecule is CC[C@@H]1C[C@]1(NC(=O)[C@@H]1C[C@@H](Oc2cc(-c3csc(NC(C)C)n3)nc3c(Cl)c(OC[C@@H]4CC(F)(F)CN4)ccc23)CN1C(=O)[C@@H](NC(=O)OC1C[C@@H]2C[C@@H]2C1)C(C)(C)C)C(=O)O.CC[C@@H]1C[C@]1(NC(=O)[C@@H]1C[C@@H](Oc2cc(-c3csc(NC(C)C)n3)nc3c(Cl)c(OC[C@@H]4CC(F)(F)CN4C(=O)OC(C)(C)C)ccc23)CN1C(=O)[C@@H](NC(=O)OC1C[C@@H]2C[C@@H]2C1)C(C)(C)C)C(=O)OC. The van der Waals surface area contributed by atoms with Crippen molar-refractivity contribution in [3.63, 3.8) is 0 Å². The first kappa shape index (κ1) is 98.7. The molecule has 0 spiro atoms. The van der Waals surface area contributed by atoms with Gasteiger partial charge in [0.1, 0.15) is 123 Å². The van der Waals surface area contributed by atoms with E-state index in [-0.39, 0.29) is 126 Å². The van der Waals surface area contributed by atoms with Crippen molar-refractivity contribution in [3.8, 4) is 45.8 Å². The van der Waals surface area contributed by atoms with Crippen LogP contribution in [0.3, 0.4) is 0 Å². The van der Waals surface area contributed by atoms with E-state index in [1.54, 1.807) is 57.2 Å². The van der Waals surface area contributed by atoms with E-state index < -0.39 is 161 Å². The molecule has 8 heterocycles. The number of carboxylic acids is 1. The van der Waals surface area contributed by atoms with Crippen molar-refractivity contribution in [2.24, 2.45) is 46.3 Å². The number of hydrogen-bond donors (Lipinski definition) is 8. The van der Waals surface area contributed by atoms with Gasteiger partial charge in [0.05, 0.1) is 61.8 Å². The number of carbonyl (C=O) groups excluding carboxylic acids is 8. The van der Waals surface area contributed by atoms with Crippen LogP contribution < -0.4 is 56.2 Å². The number of alkyl carbamates (subject to hydrolysis) is 2. The van der Waals surface area contributed by atoms with E-state index in [4.69, 9.17) is 81.0 Å². The molecule has 0 bridgehead atoms. The van der Waals surface area contributed by atoms with Gasteiger partial charge in [-0.15, -0.1) is 22.7 Å². The number of halogens is 6. The first-order chi connectivity index (χ1) is 63.0. The van der Waals surface area contributed by atoms with Crippen molar-refractivity contribution in [2.75, 3.05) is 57.1 Å². The molecular weight excluding hydrogens is 1820 g/mol. The summed E-state index contributed by atoms with van der Waals surface area (Å²) in [6, 6.07) is 3.98. The minimum atomic E-state index is -3.17. The van der Waals surface area contributed by atoms with Gasteiger partial charge in [0.15, 0.2) is 10.3 Å². The number of anilines is 2. The first-order valence-corrected chi connectivity index (χ1v) is 48.8. The normalized spacial score (nSPS) is 27.7. The van der Waals surface area contributed by atoms with Gasteiger partial charge in [0, 0.05) is 77.5 Å².